The van der Waals surface area contributed by atoms with Crippen molar-refractivity contribution in [2.75, 3.05) is 16.9 Å². The minimum absolute atomic E-state index is 0.0505. The van der Waals surface area contributed by atoms with Crippen LogP contribution in [0, 0.1) is 5.82 Å². The van der Waals surface area contributed by atoms with Crippen LogP contribution in [0.25, 0.3) is 0 Å². The highest BCUT2D eigenvalue weighted by Gasteiger charge is 2.18. The molecule has 0 unspecified atom stereocenters. The minimum Gasteiger partial charge on any atom is -0.482 e. The van der Waals surface area contributed by atoms with Crippen molar-refractivity contribution in [2.45, 2.75) is 11.8 Å². The predicted octanol–water partition coefficient (Wildman–Crippen LogP) is 4.33. The van der Waals surface area contributed by atoms with Crippen molar-refractivity contribution in [3.63, 3.8) is 0 Å². The van der Waals surface area contributed by atoms with Gasteiger partial charge in [0.15, 0.2) is 23.2 Å². The zero-order valence-electron chi connectivity index (χ0n) is 18.2. The Balaban J connectivity index is 1.39. The number of benzene rings is 3. The largest absolute Gasteiger partial charge is 0.482 e. The molecule has 1 aromatic heterocycles. The highest BCUT2D eigenvalue weighted by Crippen LogP contribution is 2.25. The first-order valence-electron chi connectivity index (χ1n) is 10.3. The summed E-state index contributed by atoms with van der Waals surface area (Å²) in [5.41, 5.74) is 1.08. The van der Waals surface area contributed by atoms with Crippen LogP contribution in [-0.4, -0.2) is 32.3 Å². The number of nitrogen functional groups attached to an aromatic ring is 1. The molecule has 0 fully saturated rings. The lowest BCUT2D eigenvalue weighted by Crippen LogP contribution is -2.19. The van der Waals surface area contributed by atoms with Gasteiger partial charge in [-0.3, -0.25) is 9.59 Å². The van der Waals surface area contributed by atoms with Gasteiger partial charge in [-0.2, -0.15) is 0 Å². The lowest BCUT2D eigenvalue weighted by molar-refractivity contribution is -0.113. The van der Waals surface area contributed by atoms with Gasteiger partial charge in [0.2, 0.25) is 11.1 Å². The Morgan fingerprint density at radius 2 is 1.80 bits per heavy atom. The predicted molar refractivity (Wildman–Crippen MR) is 132 cm³/mol. The number of aromatic nitrogens is 3. The average Bonchev–Trinajstić information content (AvgIpc) is 3.22. The van der Waals surface area contributed by atoms with E-state index in [1.807, 2.05) is 6.07 Å². The number of amides is 1. The Kier molecular flexibility index (Phi) is 7.64. The molecule has 4 rings (SSSR count). The van der Waals surface area contributed by atoms with E-state index in [4.69, 9.17) is 22.2 Å². The standard InChI is InChI=1S/C24H19ClFN5O3S/c25-16-10-11-19(17(12-16)23(33)15-6-2-1-3-7-15)28-22(32)14-35-24-30-29-21(31(24)27)13-34-20-9-5-4-8-18(20)26/h1-12H,13-14,27H2,(H,28,32). The van der Waals surface area contributed by atoms with Crippen LogP contribution in [-0.2, 0) is 11.4 Å². The van der Waals surface area contributed by atoms with Crippen LogP contribution in [0.1, 0.15) is 21.7 Å². The number of nitrogens with zero attached hydrogens (tertiary/aromatic N) is 3. The van der Waals surface area contributed by atoms with Gasteiger partial charge in [-0.05, 0) is 30.3 Å². The SMILES string of the molecule is Nn1c(COc2ccccc2F)nnc1SCC(=O)Nc1ccc(Cl)cc1C(=O)c1ccccc1. The molecule has 0 aliphatic heterocycles. The van der Waals surface area contributed by atoms with Crippen LogP contribution in [0.3, 0.4) is 0 Å². The molecule has 3 N–H and O–H groups in total. The van der Waals surface area contributed by atoms with E-state index in [1.54, 1.807) is 48.5 Å². The molecule has 11 heteroatoms. The lowest BCUT2D eigenvalue weighted by Gasteiger charge is -2.11. The maximum atomic E-state index is 13.7. The van der Waals surface area contributed by atoms with Crippen LogP contribution >= 0.6 is 23.4 Å². The van der Waals surface area contributed by atoms with Crippen molar-refractivity contribution in [1.29, 1.82) is 0 Å². The first kappa shape index (κ1) is 24.2. The fourth-order valence-corrected chi connectivity index (χ4v) is 3.93. The summed E-state index contributed by atoms with van der Waals surface area (Å²) in [4.78, 5) is 25.5. The molecule has 0 spiro atoms. The quantitative estimate of drug-likeness (QED) is 0.195. The van der Waals surface area contributed by atoms with Gasteiger partial charge in [0.25, 0.3) is 0 Å². The number of ketones is 1. The van der Waals surface area contributed by atoms with E-state index >= 15 is 0 Å². The van der Waals surface area contributed by atoms with E-state index in [-0.39, 0.29) is 46.3 Å². The van der Waals surface area contributed by atoms with Crippen LogP contribution in [0.15, 0.2) is 78.0 Å². The van der Waals surface area contributed by atoms with E-state index in [0.717, 1.165) is 11.8 Å². The number of ether oxygens (including phenoxy) is 1. The van der Waals surface area contributed by atoms with Crippen LogP contribution in [0.4, 0.5) is 10.1 Å². The maximum Gasteiger partial charge on any atom is 0.234 e. The topological polar surface area (TPSA) is 112 Å². The second-order valence-electron chi connectivity index (χ2n) is 7.21. The highest BCUT2D eigenvalue weighted by molar-refractivity contribution is 7.99. The zero-order chi connectivity index (χ0) is 24.8. The zero-order valence-corrected chi connectivity index (χ0v) is 19.7. The molecule has 35 heavy (non-hydrogen) atoms. The molecule has 4 aromatic rings. The molecule has 0 atom stereocenters. The van der Waals surface area contributed by atoms with Crippen molar-refractivity contribution in [3.8, 4) is 5.75 Å². The molecule has 0 bridgehead atoms. The highest BCUT2D eigenvalue weighted by atomic mass is 35.5. The molecule has 178 valence electrons. The maximum absolute atomic E-state index is 13.7. The summed E-state index contributed by atoms with van der Waals surface area (Å²) in [5.74, 6) is 5.11. The summed E-state index contributed by atoms with van der Waals surface area (Å²) >= 11 is 7.13. The monoisotopic (exact) mass is 511 g/mol. The Bertz CT molecular complexity index is 1370. The fourth-order valence-electron chi connectivity index (χ4n) is 3.08. The van der Waals surface area contributed by atoms with Gasteiger partial charge in [-0.25, -0.2) is 9.07 Å². The Morgan fingerprint density at radius 1 is 1.06 bits per heavy atom. The number of halogens is 2. The van der Waals surface area contributed by atoms with Gasteiger partial charge in [-0.1, -0.05) is 65.8 Å². The number of nitrogens with one attached hydrogen (secondary N) is 1. The molecule has 0 aliphatic rings. The molecule has 0 saturated heterocycles. The molecule has 0 saturated carbocycles. The van der Waals surface area contributed by atoms with Gasteiger partial charge in [0.1, 0.15) is 6.61 Å². The number of hydrogen-bond donors (Lipinski definition) is 2. The van der Waals surface area contributed by atoms with E-state index in [9.17, 15) is 14.0 Å². The summed E-state index contributed by atoms with van der Waals surface area (Å²) in [6, 6.07) is 19.3. The molecule has 1 heterocycles. The third kappa shape index (κ3) is 5.97. The van der Waals surface area contributed by atoms with Crippen molar-refractivity contribution in [2.24, 2.45) is 0 Å². The minimum atomic E-state index is -0.505. The van der Waals surface area contributed by atoms with Gasteiger partial charge in [0, 0.05) is 16.1 Å². The van der Waals surface area contributed by atoms with Gasteiger partial charge >= 0.3 is 0 Å². The van der Waals surface area contributed by atoms with E-state index in [1.165, 1.54) is 22.9 Å². The number of rotatable bonds is 9. The smallest absolute Gasteiger partial charge is 0.234 e. The van der Waals surface area contributed by atoms with E-state index in [2.05, 4.69) is 15.5 Å². The average molecular weight is 512 g/mol. The first-order valence-corrected chi connectivity index (χ1v) is 11.7. The van der Waals surface area contributed by atoms with Gasteiger partial charge in [0.05, 0.1) is 11.4 Å². The molecular formula is C24H19ClFN5O3S. The molecule has 0 radical (unpaired) electrons. The molecular weight excluding hydrogens is 493 g/mol. The second-order valence-corrected chi connectivity index (χ2v) is 8.59. The van der Waals surface area contributed by atoms with Crippen LogP contribution in [0.5, 0.6) is 5.75 Å². The summed E-state index contributed by atoms with van der Waals surface area (Å²) in [6.07, 6.45) is 0. The lowest BCUT2D eigenvalue weighted by atomic mass is 10.0. The number of hydrogen-bond acceptors (Lipinski definition) is 7. The molecule has 8 nitrogen and oxygen atoms in total. The van der Waals surface area contributed by atoms with Crippen molar-refractivity contribution < 1.29 is 18.7 Å². The molecule has 0 aliphatic carbocycles. The third-order valence-electron chi connectivity index (χ3n) is 4.80. The van der Waals surface area contributed by atoms with Gasteiger partial charge in [-0.15, -0.1) is 10.2 Å². The van der Waals surface area contributed by atoms with Gasteiger partial charge < -0.3 is 15.9 Å². The summed E-state index contributed by atoms with van der Waals surface area (Å²) in [5, 5.41) is 11.3. The Hall–Kier alpha value is -3.89. The number of carbonyl (C=O) groups is 2. The normalized spacial score (nSPS) is 10.7. The van der Waals surface area contributed by atoms with Crippen molar-refractivity contribution >= 4 is 40.7 Å². The van der Waals surface area contributed by atoms with Crippen LogP contribution < -0.4 is 15.9 Å². The van der Waals surface area contributed by atoms with Crippen molar-refractivity contribution in [1.82, 2.24) is 14.9 Å². The fraction of sp³-hybridized carbons (Fsp3) is 0.0833. The van der Waals surface area contributed by atoms with Crippen LogP contribution in [0.2, 0.25) is 5.02 Å². The van der Waals surface area contributed by atoms with E-state index in [0.29, 0.717) is 16.3 Å². The Morgan fingerprint density at radius 3 is 2.57 bits per heavy atom. The summed E-state index contributed by atoms with van der Waals surface area (Å²) < 4.78 is 20.3. The number of para-hydroxylation sites is 1. The number of carbonyl (C=O) groups excluding carboxylic acids is 2. The summed E-state index contributed by atoms with van der Waals surface area (Å²) in [6.45, 7) is -0.104. The first-order chi connectivity index (χ1) is 16.9. The number of anilines is 1. The second kappa shape index (κ2) is 11.0. The molecule has 1 amide bonds. The molecule has 3 aromatic carbocycles. The number of thioether (sulfide) groups is 1. The Labute approximate surface area is 209 Å². The third-order valence-corrected chi connectivity index (χ3v) is 5.98. The van der Waals surface area contributed by atoms with E-state index < -0.39 is 5.82 Å². The summed E-state index contributed by atoms with van der Waals surface area (Å²) in [7, 11) is 0. The number of nitrogens with two attached hydrogens (primary N) is 1. The van der Waals surface area contributed by atoms with Crippen molar-refractivity contribution in [3.05, 3.63) is 101 Å².